The number of nitro groups is 1. The third kappa shape index (κ3) is 2.00. The van der Waals surface area contributed by atoms with Gasteiger partial charge >= 0.3 is 5.97 Å². The first-order valence-electron chi connectivity index (χ1n) is 6.65. The third-order valence-electron chi connectivity index (χ3n) is 3.65. The molecule has 0 fully saturated rings. The zero-order chi connectivity index (χ0) is 16.0. The quantitative estimate of drug-likeness (QED) is 0.485. The lowest BCUT2D eigenvalue weighted by molar-refractivity contribution is -0.384. The minimum Gasteiger partial charge on any atom is -0.460 e. The Hall–Kier alpha value is -2.90. The number of hydrogen-bond donors (Lipinski definition) is 1. The molecule has 0 unspecified atom stereocenters. The molecule has 0 bridgehead atoms. The van der Waals surface area contributed by atoms with E-state index in [0.29, 0.717) is 10.9 Å². The molecule has 0 saturated carbocycles. The van der Waals surface area contributed by atoms with Crippen LogP contribution in [0.1, 0.15) is 17.3 Å². The highest BCUT2D eigenvalue weighted by molar-refractivity contribution is 6.06. The number of rotatable bonds is 1. The van der Waals surface area contributed by atoms with E-state index in [1.807, 2.05) is 0 Å². The lowest BCUT2D eigenvalue weighted by Gasteiger charge is -2.15. The van der Waals surface area contributed by atoms with Gasteiger partial charge in [0.15, 0.2) is 0 Å². The molecule has 0 saturated heterocycles. The summed E-state index contributed by atoms with van der Waals surface area (Å²) < 4.78 is 6.34. The van der Waals surface area contributed by atoms with Gasteiger partial charge in [0.1, 0.15) is 12.2 Å². The Morgan fingerprint density at radius 3 is 2.82 bits per heavy atom. The molecule has 1 aliphatic heterocycles. The van der Waals surface area contributed by atoms with E-state index in [1.165, 1.54) is 29.8 Å². The summed E-state index contributed by atoms with van der Waals surface area (Å²) >= 11 is 0. The summed E-state index contributed by atoms with van der Waals surface area (Å²) in [7, 11) is 1.51. The van der Waals surface area contributed by atoms with Gasteiger partial charge < -0.3 is 14.6 Å². The van der Waals surface area contributed by atoms with Crippen molar-refractivity contribution >= 4 is 28.2 Å². The number of esters is 1. The van der Waals surface area contributed by atoms with Crippen LogP contribution in [0.15, 0.2) is 23.0 Å². The highest BCUT2D eigenvalue weighted by atomic mass is 16.6. The Balaban J connectivity index is 2.45. The molecular formula is C14H13N3O5. The number of nitro benzene ring substituents is 1. The lowest BCUT2D eigenvalue weighted by Crippen LogP contribution is -2.26. The molecule has 2 aromatic rings. The number of nitrogens with zero attached hydrogens (tertiary/aromatic N) is 2. The van der Waals surface area contributed by atoms with Crippen LogP contribution in [0.2, 0.25) is 0 Å². The average molecular weight is 303 g/mol. The van der Waals surface area contributed by atoms with Crippen LogP contribution < -0.4 is 10.9 Å². The van der Waals surface area contributed by atoms with Crippen molar-refractivity contribution < 1.29 is 14.5 Å². The molecule has 8 heteroatoms. The summed E-state index contributed by atoms with van der Waals surface area (Å²) in [6.45, 7) is 1.91. The number of hydrogen-bond acceptors (Lipinski definition) is 6. The second kappa shape index (κ2) is 4.83. The van der Waals surface area contributed by atoms with Gasteiger partial charge in [0.25, 0.3) is 11.2 Å². The molecule has 2 heterocycles. The van der Waals surface area contributed by atoms with Gasteiger partial charge in [0.05, 0.1) is 22.2 Å². The van der Waals surface area contributed by atoms with Crippen molar-refractivity contribution in [2.24, 2.45) is 7.05 Å². The summed E-state index contributed by atoms with van der Waals surface area (Å²) in [5.74, 6) is -0.721. The predicted molar refractivity (Wildman–Crippen MR) is 79.2 cm³/mol. The molecule has 1 N–H and O–H groups in total. The van der Waals surface area contributed by atoms with Crippen LogP contribution in [0.25, 0.3) is 10.9 Å². The number of non-ortho nitro benzene ring substituents is 1. The van der Waals surface area contributed by atoms with Gasteiger partial charge in [-0.2, -0.15) is 0 Å². The molecule has 1 aliphatic rings. The molecule has 1 atom stereocenters. The maximum Gasteiger partial charge on any atom is 0.346 e. The number of cyclic esters (lactones) is 1. The largest absolute Gasteiger partial charge is 0.460 e. The van der Waals surface area contributed by atoms with E-state index in [9.17, 15) is 19.7 Å². The normalized spacial score (nSPS) is 17.4. The van der Waals surface area contributed by atoms with Crippen molar-refractivity contribution in [3.8, 4) is 0 Å². The number of benzene rings is 1. The van der Waals surface area contributed by atoms with Gasteiger partial charge in [-0.05, 0) is 13.0 Å². The summed E-state index contributed by atoms with van der Waals surface area (Å²) in [6, 6.07) is 3.97. The monoisotopic (exact) mass is 303 g/mol. The van der Waals surface area contributed by atoms with Crippen molar-refractivity contribution in [1.82, 2.24) is 4.57 Å². The Bertz CT molecular complexity index is 871. The number of pyridine rings is 1. The van der Waals surface area contributed by atoms with Crippen LogP contribution in [0.3, 0.4) is 0 Å². The van der Waals surface area contributed by atoms with Crippen LogP contribution in [0.4, 0.5) is 11.4 Å². The molecular weight excluding hydrogens is 290 g/mol. The molecule has 8 nitrogen and oxygen atoms in total. The van der Waals surface area contributed by atoms with Gasteiger partial charge in [-0.3, -0.25) is 14.9 Å². The van der Waals surface area contributed by atoms with Crippen molar-refractivity contribution in [1.29, 1.82) is 0 Å². The maximum atomic E-state index is 12.4. The Kier molecular flexibility index (Phi) is 3.09. The molecule has 1 aromatic carbocycles. The number of nitrogens with one attached hydrogen (secondary N) is 1. The number of ether oxygens (including phenoxy) is 1. The van der Waals surface area contributed by atoms with Crippen molar-refractivity contribution in [2.75, 3.05) is 11.9 Å². The molecule has 0 spiro atoms. The SMILES string of the molecule is C[C@H]1COC(=O)c2c(c3cc([N+](=O)[O-])ccc3n(C)c2=O)N1. The molecule has 114 valence electrons. The van der Waals surface area contributed by atoms with E-state index >= 15 is 0 Å². The number of aryl methyl sites for hydroxylation is 1. The van der Waals surface area contributed by atoms with E-state index in [4.69, 9.17) is 4.74 Å². The summed E-state index contributed by atoms with van der Waals surface area (Å²) in [5.41, 5.74) is 0.0590. The van der Waals surface area contributed by atoms with Gasteiger partial charge in [-0.25, -0.2) is 4.79 Å². The fraction of sp³-hybridized carbons (Fsp3) is 0.286. The van der Waals surface area contributed by atoms with Crippen molar-refractivity contribution in [3.63, 3.8) is 0 Å². The van der Waals surface area contributed by atoms with E-state index in [0.717, 1.165) is 0 Å². The highest BCUT2D eigenvalue weighted by Gasteiger charge is 2.27. The Morgan fingerprint density at radius 2 is 2.14 bits per heavy atom. The number of carbonyl (C=O) groups excluding carboxylic acids is 1. The van der Waals surface area contributed by atoms with Crippen LogP contribution in [-0.2, 0) is 11.8 Å². The van der Waals surface area contributed by atoms with E-state index in [1.54, 1.807) is 6.92 Å². The van der Waals surface area contributed by atoms with Gasteiger partial charge in [0.2, 0.25) is 0 Å². The van der Waals surface area contributed by atoms with Crippen LogP contribution in [0.5, 0.6) is 0 Å². The first-order chi connectivity index (χ1) is 10.4. The summed E-state index contributed by atoms with van der Waals surface area (Å²) in [4.78, 5) is 34.9. The van der Waals surface area contributed by atoms with Gasteiger partial charge in [-0.15, -0.1) is 0 Å². The zero-order valence-corrected chi connectivity index (χ0v) is 12.0. The van der Waals surface area contributed by atoms with E-state index in [-0.39, 0.29) is 29.6 Å². The van der Waals surface area contributed by atoms with Crippen LogP contribution >= 0.6 is 0 Å². The maximum absolute atomic E-state index is 12.4. The molecule has 1 aromatic heterocycles. The third-order valence-corrected chi connectivity index (χ3v) is 3.65. The fourth-order valence-corrected chi connectivity index (χ4v) is 2.55. The minimum absolute atomic E-state index is 0.111. The number of aromatic nitrogens is 1. The average Bonchev–Trinajstić information content (AvgIpc) is 2.63. The molecule has 22 heavy (non-hydrogen) atoms. The predicted octanol–water partition coefficient (Wildman–Crippen LogP) is 1.42. The summed E-state index contributed by atoms with van der Waals surface area (Å²) in [5, 5.41) is 14.5. The highest BCUT2D eigenvalue weighted by Crippen LogP contribution is 2.30. The second-order valence-corrected chi connectivity index (χ2v) is 5.22. The second-order valence-electron chi connectivity index (χ2n) is 5.22. The standard InChI is InChI=1S/C14H13N3O5/c1-7-6-22-14(19)11-12(15-7)9-5-8(17(20)21)3-4-10(9)16(2)13(11)18/h3-5,7,15H,6H2,1-2H3/t7-/m0/s1. The van der Waals surface area contributed by atoms with Crippen molar-refractivity contribution in [3.05, 3.63) is 44.2 Å². The first-order valence-corrected chi connectivity index (χ1v) is 6.65. The zero-order valence-electron chi connectivity index (χ0n) is 12.0. The Morgan fingerprint density at radius 1 is 1.41 bits per heavy atom. The molecule has 0 amide bonds. The number of fused-ring (bicyclic) bond motifs is 3. The fourth-order valence-electron chi connectivity index (χ4n) is 2.55. The van der Waals surface area contributed by atoms with Crippen LogP contribution in [0, 0.1) is 10.1 Å². The van der Waals surface area contributed by atoms with Gasteiger partial charge in [0, 0.05) is 24.6 Å². The first kappa shape index (κ1) is 14.1. The van der Waals surface area contributed by atoms with E-state index < -0.39 is 16.5 Å². The Labute approximate surface area is 124 Å². The van der Waals surface area contributed by atoms with Crippen molar-refractivity contribution in [2.45, 2.75) is 13.0 Å². The minimum atomic E-state index is -0.721. The molecule has 0 aliphatic carbocycles. The topological polar surface area (TPSA) is 103 Å². The molecule has 0 radical (unpaired) electrons. The van der Waals surface area contributed by atoms with E-state index in [2.05, 4.69) is 5.32 Å². The lowest BCUT2D eigenvalue weighted by atomic mass is 10.1. The van der Waals surface area contributed by atoms with Crippen LogP contribution in [-0.4, -0.2) is 28.1 Å². The smallest absolute Gasteiger partial charge is 0.346 e. The number of carbonyl (C=O) groups is 1. The molecule has 3 rings (SSSR count). The summed E-state index contributed by atoms with van der Waals surface area (Å²) in [6.07, 6.45) is 0. The number of anilines is 1. The van der Waals surface area contributed by atoms with Gasteiger partial charge in [-0.1, -0.05) is 0 Å².